The summed E-state index contributed by atoms with van der Waals surface area (Å²) in [7, 11) is 1.50. The fourth-order valence-electron chi connectivity index (χ4n) is 2.50. The van der Waals surface area contributed by atoms with Crippen molar-refractivity contribution < 1.29 is 27.1 Å². The molecule has 3 nitrogen and oxygen atoms in total. The van der Waals surface area contributed by atoms with Crippen LogP contribution in [0.25, 0.3) is 0 Å². The Bertz CT molecular complexity index is 530. The van der Waals surface area contributed by atoms with E-state index >= 15 is 0 Å². The molecular formula is C14H15F4NO2. The van der Waals surface area contributed by atoms with Crippen molar-refractivity contribution in [3.05, 3.63) is 35.1 Å². The molecule has 0 aliphatic heterocycles. The number of halogens is 4. The Morgan fingerprint density at radius 3 is 2.67 bits per heavy atom. The number of ether oxygens (including phenoxy) is 1. The van der Waals surface area contributed by atoms with Crippen LogP contribution in [0.3, 0.4) is 0 Å². The van der Waals surface area contributed by atoms with Crippen molar-refractivity contribution in [2.75, 3.05) is 7.11 Å². The molecule has 1 aliphatic rings. The molecule has 21 heavy (non-hydrogen) atoms. The summed E-state index contributed by atoms with van der Waals surface area (Å²) < 4.78 is 56.6. The van der Waals surface area contributed by atoms with Gasteiger partial charge in [0.25, 0.3) is 5.91 Å². The lowest BCUT2D eigenvalue weighted by Crippen LogP contribution is -2.41. The second kappa shape index (κ2) is 6.01. The molecule has 1 N–H and O–H groups in total. The normalized spacial score (nSPS) is 22.3. The maximum Gasteiger partial charge on any atom is 0.416 e. The molecule has 0 saturated heterocycles. The van der Waals surface area contributed by atoms with Gasteiger partial charge in [-0.25, -0.2) is 4.39 Å². The second-order valence-corrected chi connectivity index (χ2v) is 4.98. The van der Waals surface area contributed by atoms with Gasteiger partial charge >= 0.3 is 6.18 Å². The van der Waals surface area contributed by atoms with Gasteiger partial charge in [0.05, 0.1) is 23.3 Å². The zero-order chi connectivity index (χ0) is 15.6. The van der Waals surface area contributed by atoms with Crippen LogP contribution in [0.4, 0.5) is 17.6 Å². The predicted octanol–water partition coefficient (Wildman–Crippen LogP) is 3.14. The molecule has 1 amide bonds. The van der Waals surface area contributed by atoms with Crippen molar-refractivity contribution in [1.82, 2.24) is 5.32 Å². The Labute approximate surface area is 119 Å². The lowest BCUT2D eigenvalue weighted by atomic mass is 10.1. The molecule has 1 aromatic carbocycles. The Hall–Kier alpha value is -1.63. The minimum absolute atomic E-state index is 0.192. The first-order chi connectivity index (χ1) is 9.82. The predicted molar refractivity (Wildman–Crippen MR) is 67.3 cm³/mol. The lowest BCUT2D eigenvalue weighted by Gasteiger charge is -2.20. The summed E-state index contributed by atoms with van der Waals surface area (Å²) in [5, 5.41) is 2.54. The molecule has 0 bridgehead atoms. The van der Waals surface area contributed by atoms with Gasteiger partial charge in [-0.2, -0.15) is 13.2 Å². The third-order valence-corrected chi connectivity index (χ3v) is 3.61. The number of hydrogen-bond donors (Lipinski definition) is 1. The van der Waals surface area contributed by atoms with Crippen molar-refractivity contribution in [2.45, 2.75) is 37.6 Å². The maximum absolute atomic E-state index is 13.6. The highest BCUT2D eigenvalue weighted by Crippen LogP contribution is 2.30. The maximum atomic E-state index is 13.6. The molecule has 0 spiro atoms. The topological polar surface area (TPSA) is 38.3 Å². The number of methoxy groups -OCH3 is 1. The molecule has 0 aromatic heterocycles. The number of hydrogen-bond acceptors (Lipinski definition) is 2. The number of carbonyl (C=O) groups excluding carboxylic acids is 1. The van der Waals surface area contributed by atoms with Gasteiger partial charge in [-0.15, -0.1) is 0 Å². The summed E-state index contributed by atoms with van der Waals surface area (Å²) in [4.78, 5) is 12.0. The molecular weight excluding hydrogens is 290 g/mol. The fraction of sp³-hybridized carbons (Fsp3) is 0.500. The van der Waals surface area contributed by atoms with E-state index in [1.54, 1.807) is 0 Å². The number of rotatable bonds is 3. The number of carbonyl (C=O) groups is 1. The average Bonchev–Trinajstić information content (AvgIpc) is 2.84. The molecule has 116 valence electrons. The number of alkyl halides is 3. The molecule has 2 atom stereocenters. The van der Waals surface area contributed by atoms with Crippen molar-refractivity contribution in [1.29, 1.82) is 0 Å². The summed E-state index contributed by atoms with van der Waals surface area (Å²) in [5.41, 5.74) is -1.66. The number of nitrogens with one attached hydrogen (secondary N) is 1. The van der Waals surface area contributed by atoms with E-state index in [1.807, 2.05) is 0 Å². The minimum Gasteiger partial charge on any atom is -0.379 e. The van der Waals surface area contributed by atoms with E-state index in [0.29, 0.717) is 24.6 Å². The highest BCUT2D eigenvalue weighted by atomic mass is 19.4. The van der Waals surface area contributed by atoms with E-state index in [4.69, 9.17) is 4.74 Å². The van der Waals surface area contributed by atoms with Crippen LogP contribution in [0, 0.1) is 5.82 Å². The van der Waals surface area contributed by atoms with Crippen LogP contribution in [0.15, 0.2) is 18.2 Å². The smallest absolute Gasteiger partial charge is 0.379 e. The van der Waals surface area contributed by atoms with E-state index in [-0.39, 0.29) is 12.1 Å². The van der Waals surface area contributed by atoms with Crippen LogP contribution in [-0.4, -0.2) is 25.2 Å². The quantitative estimate of drug-likeness (QED) is 0.871. The first-order valence-electron chi connectivity index (χ1n) is 6.53. The standard InChI is InChI=1S/C14H15F4NO2/c1-21-12-4-2-3-11(12)19-13(20)9-7-8(14(16,17)18)5-6-10(9)15/h5-7,11-12H,2-4H2,1H3,(H,19,20). The summed E-state index contributed by atoms with van der Waals surface area (Å²) in [5.74, 6) is -1.83. The van der Waals surface area contributed by atoms with E-state index in [2.05, 4.69) is 5.32 Å². The van der Waals surface area contributed by atoms with E-state index in [0.717, 1.165) is 12.8 Å². The van der Waals surface area contributed by atoms with Crippen LogP contribution >= 0.6 is 0 Å². The first-order valence-corrected chi connectivity index (χ1v) is 6.53. The van der Waals surface area contributed by atoms with Crippen LogP contribution in [-0.2, 0) is 10.9 Å². The third-order valence-electron chi connectivity index (χ3n) is 3.61. The Morgan fingerprint density at radius 2 is 2.05 bits per heavy atom. The largest absolute Gasteiger partial charge is 0.416 e. The van der Waals surface area contributed by atoms with Crippen molar-refractivity contribution in [2.24, 2.45) is 0 Å². The van der Waals surface area contributed by atoms with Gasteiger partial charge in [-0.3, -0.25) is 4.79 Å². The summed E-state index contributed by atoms with van der Waals surface area (Å²) in [6.45, 7) is 0. The highest BCUT2D eigenvalue weighted by molar-refractivity contribution is 5.95. The molecule has 2 rings (SSSR count). The van der Waals surface area contributed by atoms with E-state index < -0.39 is 29.0 Å². The zero-order valence-corrected chi connectivity index (χ0v) is 11.3. The Kier molecular flexibility index (Phi) is 4.51. The van der Waals surface area contributed by atoms with Crippen LogP contribution in [0.1, 0.15) is 35.2 Å². The van der Waals surface area contributed by atoms with Crippen LogP contribution in [0.2, 0.25) is 0 Å². The van der Waals surface area contributed by atoms with Gasteiger partial charge in [0, 0.05) is 7.11 Å². The molecule has 2 unspecified atom stereocenters. The fourth-order valence-corrected chi connectivity index (χ4v) is 2.50. The highest BCUT2D eigenvalue weighted by Gasteiger charge is 2.33. The van der Waals surface area contributed by atoms with Gasteiger partial charge in [0.15, 0.2) is 0 Å². The molecule has 1 saturated carbocycles. The molecule has 7 heteroatoms. The zero-order valence-electron chi connectivity index (χ0n) is 11.3. The first kappa shape index (κ1) is 15.8. The van der Waals surface area contributed by atoms with Gasteiger partial charge in [0.1, 0.15) is 5.82 Å². The van der Waals surface area contributed by atoms with Crippen molar-refractivity contribution in [3.63, 3.8) is 0 Å². The second-order valence-electron chi connectivity index (χ2n) is 4.98. The van der Waals surface area contributed by atoms with Gasteiger partial charge < -0.3 is 10.1 Å². The lowest BCUT2D eigenvalue weighted by molar-refractivity contribution is -0.137. The Balaban J connectivity index is 2.19. The van der Waals surface area contributed by atoms with Gasteiger partial charge in [-0.05, 0) is 37.5 Å². The molecule has 1 fully saturated rings. The average molecular weight is 305 g/mol. The molecule has 1 aromatic rings. The van der Waals surface area contributed by atoms with E-state index in [9.17, 15) is 22.4 Å². The Morgan fingerprint density at radius 1 is 1.33 bits per heavy atom. The van der Waals surface area contributed by atoms with Crippen molar-refractivity contribution >= 4 is 5.91 Å². The molecule has 0 radical (unpaired) electrons. The number of amides is 1. The monoisotopic (exact) mass is 305 g/mol. The molecule has 1 aliphatic carbocycles. The summed E-state index contributed by atoms with van der Waals surface area (Å²) in [6.07, 6.45) is -2.56. The van der Waals surface area contributed by atoms with Crippen molar-refractivity contribution in [3.8, 4) is 0 Å². The molecule has 0 heterocycles. The summed E-state index contributed by atoms with van der Waals surface area (Å²) in [6, 6.07) is 1.48. The van der Waals surface area contributed by atoms with Gasteiger partial charge in [-0.1, -0.05) is 0 Å². The van der Waals surface area contributed by atoms with Gasteiger partial charge in [0.2, 0.25) is 0 Å². The SMILES string of the molecule is COC1CCCC1NC(=O)c1cc(C(F)(F)F)ccc1F. The van der Waals surface area contributed by atoms with Crippen LogP contribution < -0.4 is 5.32 Å². The van der Waals surface area contributed by atoms with Crippen LogP contribution in [0.5, 0.6) is 0 Å². The third kappa shape index (κ3) is 3.53. The summed E-state index contributed by atoms with van der Waals surface area (Å²) >= 11 is 0. The number of benzene rings is 1. The minimum atomic E-state index is -4.62. The van der Waals surface area contributed by atoms with E-state index in [1.165, 1.54) is 7.11 Å².